The number of amides is 1. The molecular formula is C26H22ClF3N2O2. The molecule has 1 aromatic heterocycles. The summed E-state index contributed by atoms with van der Waals surface area (Å²) in [5.41, 5.74) is 2.32. The van der Waals surface area contributed by atoms with Crippen LogP contribution in [0.5, 0.6) is 5.75 Å². The SMILES string of the molecule is CCN(CC)C(=O)Oc1ccc2c(ccn2Cc2cc(F)cc(F)c2)c1-c1ccc(F)c(Cl)c1. The molecule has 0 aliphatic carbocycles. The highest BCUT2D eigenvalue weighted by atomic mass is 35.5. The van der Waals surface area contributed by atoms with E-state index in [1.807, 2.05) is 24.5 Å². The maximum Gasteiger partial charge on any atom is 0.415 e. The fourth-order valence-corrected chi connectivity index (χ4v) is 4.14. The Morgan fingerprint density at radius 3 is 2.32 bits per heavy atom. The summed E-state index contributed by atoms with van der Waals surface area (Å²) in [6.07, 6.45) is 1.27. The highest BCUT2D eigenvalue weighted by molar-refractivity contribution is 6.31. The van der Waals surface area contributed by atoms with E-state index in [1.54, 1.807) is 24.4 Å². The summed E-state index contributed by atoms with van der Waals surface area (Å²) in [7, 11) is 0. The average Bonchev–Trinajstić information content (AvgIpc) is 3.18. The number of carbonyl (C=O) groups is 1. The number of carbonyl (C=O) groups excluding carboxylic acids is 1. The molecule has 0 aliphatic heterocycles. The second-order valence-electron chi connectivity index (χ2n) is 7.76. The molecule has 0 saturated heterocycles. The van der Waals surface area contributed by atoms with E-state index in [4.69, 9.17) is 16.3 Å². The van der Waals surface area contributed by atoms with Crippen molar-refractivity contribution in [2.45, 2.75) is 20.4 Å². The Hall–Kier alpha value is -3.45. The second-order valence-corrected chi connectivity index (χ2v) is 8.17. The quantitative estimate of drug-likeness (QED) is 0.287. The van der Waals surface area contributed by atoms with Gasteiger partial charge in [0.1, 0.15) is 23.2 Å². The van der Waals surface area contributed by atoms with Crippen molar-refractivity contribution in [2.75, 3.05) is 13.1 Å². The zero-order chi connectivity index (χ0) is 24.4. The molecule has 8 heteroatoms. The van der Waals surface area contributed by atoms with Gasteiger partial charge in [-0.15, -0.1) is 0 Å². The van der Waals surface area contributed by atoms with Crippen LogP contribution < -0.4 is 4.74 Å². The van der Waals surface area contributed by atoms with Crippen molar-refractivity contribution in [3.8, 4) is 16.9 Å². The number of rotatable bonds is 6. The van der Waals surface area contributed by atoms with Crippen LogP contribution in [0.1, 0.15) is 19.4 Å². The van der Waals surface area contributed by atoms with Gasteiger partial charge in [0.05, 0.1) is 5.02 Å². The van der Waals surface area contributed by atoms with Crippen LogP contribution in [0.3, 0.4) is 0 Å². The molecule has 0 N–H and O–H groups in total. The lowest BCUT2D eigenvalue weighted by Gasteiger charge is -2.20. The number of benzene rings is 3. The summed E-state index contributed by atoms with van der Waals surface area (Å²) >= 11 is 6.04. The van der Waals surface area contributed by atoms with Crippen LogP contribution >= 0.6 is 11.6 Å². The second kappa shape index (κ2) is 9.81. The summed E-state index contributed by atoms with van der Waals surface area (Å²) in [5, 5.41) is 0.648. The topological polar surface area (TPSA) is 34.5 Å². The van der Waals surface area contributed by atoms with Gasteiger partial charge in [0.15, 0.2) is 0 Å². The zero-order valence-electron chi connectivity index (χ0n) is 18.6. The third-order valence-corrected chi connectivity index (χ3v) is 5.91. The van der Waals surface area contributed by atoms with E-state index in [0.717, 1.165) is 11.6 Å². The molecule has 0 radical (unpaired) electrons. The minimum Gasteiger partial charge on any atom is -0.410 e. The number of fused-ring (bicyclic) bond motifs is 1. The zero-order valence-corrected chi connectivity index (χ0v) is 19.4. The summed E-state index contributed by atoms with van der Waals surface area (Å²) in [4.78, 5) is 14.2. The van der Waals surface area contributed by atoms with Crippen molar-refractivity contribution in [3.05, 3.63) is 88.8 Å². The highest BCUT2D eigenvalue weighted by Crippen LogP contribution is 2.39. The van der Waals surface area contributed by atoms with E-state index in [9.17, 15) is 18.0 Å². The summed E-state index contributed by atoms with van der Waals surface area (Å²) < 4.78 is 48.8. The molecule has 1 amide bonds. The Kier molecular flexibility index (Phi) is 6.84. The summed E-state index contributed by atoms with van der Waals surface area (Å²) in [5.74, 6) is -1.58. The van der Waals surface area contributed by atoms with E-state index in [2.05, 4.69) is 0 Å². The van der Waals surface area contributed by atoms with Gasteiger partial charge < -0.3 is 14.2 Å². The van der Waals surface area contributed by atoms with Crippen LogP contribution in [0.15, 0.2) is 60.8 Å². The van der Waals surface area contributed by atoms with E-state index in [1.165, 1.54) is 29.2 Å². The number of ether oxygens (including phenoxy) is 1. The Morgan fingerprint density at radius 1 is 0.971 bits per heavy atom. The molecule has 0 aliphatic rings. The van der Waals surface area contributed by atoms with Gasteiger partial charge in [-0.25, -0.2) is 18.0 Å². The van der Waals surface area contributed by atoms with Gasteiger partial charge in [0.25, 0.3) is 0 Å². The monoisotopic (exact) mass is 486 g/mol. The molecule has 0 atom stereocenters. The van der Waals surface area contributed by atoms with Gasteiger partial charge in [-0.05, 0) is 67.4 Å². The number of hydrogen-bond donors (Lipinski definition) is 0. The van der Waals surface area contributed by atoms with Gasteiger partial charge in [-0.2, -0.15) is 0 Å². The number of hydrogen-bond acceptors (Lipinski definition) is 2. The number of halogens is 4. The van der Waals surface area contributed by atoms with E-state index in [0.29, 0.717) is 40.9 Å². The molecule has 0 spiro atoms. The van der Waals surface area contributed by atoms with Crippen molar-refractivity contribution in [1.82, 2.24) is 9.47 Å². The highest BCUT2D eigenvalue weighted by Gasteiger charge is 2.20. The number of nitrogens with zero attached hydrogens (tertiary/aromatic N) is 2. The van der Waals surface area contributed by atoms with E-state index in [-0.39, 0.29) is 11.6 Å². The van der Waals surface area contributed by atoms with Crippen molar-refractivity contribution in [1.29, 1.82) is 0 Å². The molecule has 0 bridgehead atoms. The van der Waals surface area contributed by atoms with Crippen LogP contribution in [0.25, 0.3) is 22.0 Å². The van der Waals surface area contributed by atoms with Crippen LogP contribution in [-0.2, 0) is 6.54 Å². The molecule has 176 valence electrons. The van der Waals surface area contributed by atoms with Crippen LogP contribution in [0.2, 0.25) is 5.02 Å². The van der Waals surface area contributed by atoms with Gasteiger partial charge in [-0.3, -0.25) is 0 Å². The third-order valence-electron chi connectivity index (χ3n) is 5.62. The molecular weight excluding hydrogens is 465 g/mol. The molecule has 3 aromatic carbocycles. The fourth-order valence-electron chi connectivity index (χ4n) is 3.96. The van der Waals surface area contributed by atoms with Crippen molar-refractivity contribution >= 4 is 28.6 Å². The van der Waals surface area contributed by atoms with Crippen molar-refractivity contribution in [3.63, 3.8) is 0 Å². The number of aromatic nitrogens is 1. The minimum atomic E-state index is -0.654. The Balaban J connectivity index is 1.84. The largest absolute Gasteiger partial charge is 0.415 e. The lowest BCUT2D eigenvalue weighted by atomic mass is 10.0. The maximum atomic E-state index is 13.9. The van der Waals surface area contributed by atoms with Crippen molar-refractivity contribution in [2.24, 2.45) is 0 Å². The molecule has 1 heterocycles. The first-order valence-electron chi connectivity index (χ1n) is 10.8. The Bertz CT molecular complexity index is 1350. The lowest BCUT2D eigenvalue weighted by molar-refractivity contribution is 0.157. The first kappa shape index (κ1) is 23.7. The van der Waals surface area contributed by atoms with Gasteiger partial charge in [-0.1, -0.05) is 17.7 Å². The predicted molar refractivity (Wildman–Crippen MR) is 127 cm³/mol. The normalized spacial score (nSPS) is 11.1. The van der Waals surface area contributed by atoms with Gasteiger partial charge >= 0.3 is 6.09 Å². The molecule has 4 nitrogen and oxygen atoms in total. The summed E-state index contributed by atoms with van der Waals surface area (Å²) in [6.45, 7) is 4.89. The molecule has 0 fully saturated rings. The van der Waals surface area contributed by atoms with Crippen LogP contribution in [0, 0.1) is 17.5 Å². The first-order chi connectivity index (χ1) is 16.3. The Labute approximate surface area is 200 Å². The van der Waals surface area contributed by atoms with Gasteiger partial charge in [0.2, 0.25) is 0 Å². The lowest BCUT2D eigenvalue weighted by Crippen LogP contribution is -2.33. The van der Waals surface area contributed by atoms with E-state index >= 15 is 0 Å². The molecule has 0 unspecified atom stereocenters. The third kappa shape index (κ3) is 4.75. The first-order valence-corrected chi connectivity index (χ1v) is 11.2. The molecule has 4 aromatic rings. The fraction of sp³-hybridized carbons (Fsp3) is 0.192. The van der Waals surface area contributed by atoms with Crippen LogP contribution in [-0.4, -0.2) is 28.6 Å². The smallest absolute Gasteiger partial charge is 0.410 e. The van der Waals surface area contributed by atoms with Gasteiger partial charge in [0, 0.05) is 48.4 Å². The molecule has 34 heavy (non-hydrogen) atoms. The summed E-state index contributed by atoms with van der Waals surface area (Å²) in [6, 6.07) is 12.9. The predicted octanol–water partition coefficient (Wildman–Crippen LogP) is 7.27. The molecule has 0 saturated carbocycles. The van der Waals surface area contributed by atoms with Crippen LogP contribution in [0.4, 0.5) is 18.0 Å². The molecule has 4 rings (SSSR count). The standard InChI is InChI=1S/C26H22ClF3N2O2/c1-3-31(4-2)26(33)34-24-8-7-23-20(25(24)17-5-6-22(30)21(27)13-17)9-10-32(23)15-16-11-18(28)14-19(29)12-16/h5-14H,3-4,15H2,1-2H3. The van der Waals surface area contributed by atoms with E-state index < -0.39 is 23.5 Å². The maximum absolute atomic E-state index is 13.9. The Morgan fingerprint density at radius 2 is 1.68 bits per heavy atom. The minimum absolute atomic E-state index is 0.0646. The van der Waals surface area contributed by atoms with Crippen molar-refractivity contribution < 1.29 is 22.7 Å². The average molecular weight is 487 g/mol.